The molecule has 1 fully saturated rings. The van der Waals surface area contributed by atoms with Crippen LogP contribution in [0.25, 0.3) is 0 Å². The topological polar surface area (TPSA) is 95.1 Å². The first-order valence-corrected chi connectivity index (χ1v) is 6.30. The van der Waals surface area contributed by atoms with Gasteiger partial charge in [0.1, 0.15) is 5.82 Å². The molecule has 1 amide bonds. The van der Waals surface area contributed by atoms with Gasteiger partial charge >= 0.3 is 5.97 Å². The van der Waals surface area contributed by atoms with E-state index in [0.29, 0.717) is 5.82 Å². The van der Waals surface area contributed by atoms with Crippen LogP contribution >= 0.6 is 0 Å². The zero-order valence-corrected chi connectivity index (χ0v) is 10.5. The van der Waals surface area contributed by atoms with Crippen molar-refractivity contribution in [3.8, 4) is 0 Å². The molecule has 2 aliphatic rings. The second-order valence-corrected chi connectivity index (χ2v) is 5.26. The molecule has 3 N–H and O–H groups in total. The largest absolute Gasteiger partial charge is 0.481 e. The number of carboxylic acid groups (broad SMARTS) is 1. The zero-order chi connectivity index (χ0) is 13.6. The number of aromatic amines is 1. The van der Waals surface area contributed by atoms with Gasteiger partial charge in [0, 0.05) is 5.56 Å². The van der Waals surface area contributed by atoms with Crippen molar-refractivity contribution in [3.63, 3.8) is 0 Å². The van der Waals surface area contributed by atoms with Crippen LogP contribution < -0.4 is 5.32 Å². The molecule has 100 valence electrons. The second kappa shape index (κ2) is 4.22. The summed E-state index contributed by atoms with van der Waals surface area (Å²) in [5.41, 5.74) is 0.832. The Morgan fingerprint density at radius 3 is 2.63 bits per heavy atom. The van der Waals surface area contributed by atoms with Gasteiger partial charge in [-0.2, -0.15) is 5.10 Å². The van der Waals surface area contributed by atoms with Crippen molar-refractivity contribution < 1.29 is 14.7 Å². The Kier molecular flexibility index (Phi) is 2.66. The van der Waals surface area contributed by atoms with Gasteiger partial charge < -0.3 is 10.4 Å². The van der Waals surface area contributed by atoms with E-state index in [9.17, 15) is 14.7 Å². The van der Waals surface area contributed by atoms with Crippen molar-refractivity contribution in [2.24, 2.45) is 23.7 Å². The van der Waals surface area contributed by atoms with Crippen LogP contribution in [0.1, 0.15) is 12.0 Å². The molecule has 0 saturated heterocycles. The lowest BCUT2D eigenvalue weighted by Crippen LogP contribution is -2.36. The fraction of sp³-hybridized carbons (Fsp3) is 0.462. The number of carbonyl (C=O) groups excluding carboxylic acids is 1. The number of H-pyrrole nitrogens is 1. The van der Waals surface area contributed by atoms with Gasteiger partial charge in [0.25, 0.3) is 0 Å². The van der Waals surface area contributed by atoms with Crippen LogP contribution in [-0.2, 0) is 9.59 Å². The van der Waals surface area contributed by atoms with Gasteiger partial charge in [0.2, 0.25) is 5.91 Å². The number of hydrogen-bond donors (Lipinski definition) is 3. The number of aromatic nitrogens is 2. The van der Waals surface area contributed by atoms with Crippen LogP contribution in [-0.4, -0.2) is 27.2 Å². The highest BCUT2D eigenvalue weighted by Gasteiger charge is 2.51. The van der Waals surface area contributed by atoms with Gasteiger partial charge in [-0.05, 0) is 25.2 Å². The monoisotopic (exact) mass is 261 g/mol. The van der Waals surface area contributed by atoms with Crippen molar-refractivity contribution in [1.29, 1.82) is 0 Å². The quantitative estimate of drug-likeness (QED) is 0.712. The van der Waals surface area contributed by atoms with Crippen molar-refractivity contribution in [2.75, 3.05) is 5.32 Å². The highest BCUT2D eigenvalue weighted by molar-refractivity contribution is 5.96. The molecular formula is C13H15N3O3. The number of aliphatic carboxylic acids is 1. The van der Waals surface area contributed by atoms with Crippen molar-refractivity contribution >= 4 is 17.7 Å². The minimum absolute atomic E-state index is 0.0129. The molecular weight excluding hydrogens is 246 g/mol. The molecule has 0 radical (unpaired) electrons. The summed E-state index contributed by atoms with van der Waals surface area (Å²) in [7, 11) is 0. The van der Waals surface area contributed by atoms with E-state index in [1.54, 1.807) is 6.20 Å². The lowest BCUT2D eigenvalue weighted by molar-refractivity contribution is -0.146. The summed E-state index contributed by atoms with van der Waals surface area (Å²) in [6, 6.07) is 0. The third kappa shape index (κ3) is 1.83. The van der Waals surface area contributed by atoms with E-state index < -0.39 is 17.8 Å². The highest BCUT2D eigenvalue weighted by atomic mass is 16.4. The molecule has 0 spiro atoms. The van der Waals surface area contributed by atoms with E-state index in [2.05, 4.69) is 15.5 Å². The van der Waals surface area contributed by atoms with Gasteiger partial charge in [0.05, 0.1) is 18.0 Å². The number of aryl methyl sites for hydroxylation is 1. The molecule has 1 heterocycles. The number of anilines is 1. The number of fused-ring (bicyclic) bond motifs is 2. The molecule has 1 aromatic rings. The van der Waals surface area contributed by atoms with Crippen LogP contribution in [0.5, 0.6) is 0 Å². The van der Waals surface area contributed by atoms with Crippen LogP contribution in [0.3, 0.4) is 0 Å². The molecule has 4 atom stereocenters. The Labute approximate surface area is 109 Å². The first-order chi connectivity index (χ1) is 9.08. The smallest absolute Gasteiger partial charge is 0.307 e. The van der Waals surface area contributed by atoms with E-state index in [-0.39, 0.29) is 17.7 Å². The first kappa shape index (κ1) is 12.0. The maximum atomic E-state index is 12.3. The summed E-state index contributed by atoms with van der Waals surface area (Å²) >= 11 is 0. The standard InChI is InChI=1S/C13H15N3O3/c1-6-5-14-16-11(6)15-12(17)9-7-2-3-8(4-7)10(9)13(18)19/h2-3,5,7-10H,4H2,1H3,(H,18,19)(H2,14,15,16,17)/t7?,8?,9-,10+/m0/s1. The van der Waals surface area contributed by atoms with E-state index in [4.69, 9.17) is 0 Å². The fourth-order valence-corrected chi connectivity index (χ4v) is 3.20. The summed E-state index contributed by atoms with van der Waals surface area (Å²) in [4.78, 5) is 23.7. The van der Waals surface area contributed by atoms with Gasteiger partial charge in [-0.25, -0.2) is 0 Å². The van der Waals surface area contributed by atoms with Crippen molar-refractivity contribution in [1.82, 2.24) is 10.2 Å². The third-order valence-electron chi connectivity index (χ3n) is 4.12. The average molecular weight is 261 g/mol. The van der Waals surface area contributed by atoms with E-state index >= 15 is 0 Å². The molecule has 2 aliphatic carbocycles. The molecule has 6 heteroatoms. The molecule has 3 rings (SSSR count). The SMILES string of the molecule is Cc1cn[nH]c1NC(=O)[C@H]1C2C=CC(C2)[C@H]1C(=O)O. The van der Waals surface area contributed by atoms with Crippen LogP contribution in [0.15, 0.2) is 18.3 Å². The van der Waals surface area contributed by atoms with Crippen molar-refractivity contribution in [3.05, 3.63) is 23.9 Å². The minimum Gasteiger partial charge on any atom is -0.481 e. The molecule has 1 saturated carbocycles. The molecule has 2 bridgehead atoms. The normalized spacial score (nSPS) is 31.6. The van der Waals surface area contributed by atoms with Crippen LogP contribution in [0.4, 0.5) is 5.82 Å². The average Bonchev–Trinajstić information content (AvgIpc) is 3.04. The molecule has 1 aromatic heterocycles. The number of amides is 1. The lowest BCUT2D eigenvalue weighted by atomic mass is 9.82. The summed E-state index contributed by atoms with van der Waals surface area (Å²) in [6.07, 6.45) is 6.27. The van der Waals surface area contributed by atoms with E-state index in [1.807, 2.05) is 19.1 Å². The number of hydrogen-bond acceptors (Lipinski definition) is 3. The van der Waals surface area contributed by atoms with Gasteiger partial charge in [-0.1, -0.05) is 12.2 Å². The van der Waals surface area contributed by atoms with Gasteiger partial charge in [0.15, 0.2) is 0 Å². The number of carbonyl (C=O) groups is 2. The number of nitrogens with zero attached hydrogens (tertiary/aromatic N) is 1. The summed E-state index contributed by atoms with van der Waals surface area (Å²) in [5.74, 6) is -1.67. The second-order valence-electron chi connectivity index (χ2n) is 5.26. The summed E-state index contributed by atoms with van der Waals surface area (Å²) in [5, 5.41) is 18.6. The molecule has 0 aromatic carbocycles. The molecule has 2 unspecified atom stereocenters. The number of rotatable bonds is 3. The maximum absolute atomic E-state index is 12.3. The fourth-order valence-electron chi connectivity index (χ4n) is 3.20. The molecule has 0 aliphatic heterocycles. The summed E-state index contributed by atoms with van der Waals surface area (Å²) < 4.78 is 0. The van der Waals surface area contributed by atoms with E-state index in [1.165, 1.54) is 0 Å². The predicted molar refractivity (Wildman–Crippen MR) is 67.3 cm³/mol. The molecule has 19 heavy (non-hydrogen) atoms. The third-order valence-corrected chi connectivity index (χ3v) is 4.12. The van der Waals surface area contributed by atoms with E-state index in [0.717, 1.165) is 12.0 Å². The van der Waals surface area contributed by atoms with Crippen molar-refractivity contribution in [2.45, 2.75) is 13.3 Å². The molecule has 6 nitrogen and oxygen atoms in total. The van der Waals surface area contributed by atoms with Gasteiger partial charge in [-0.15, -0.1) is 0 Å². The highest BCUT2D eigenvalue weighted by Crippen LogP contribution is 2.48. The van der Waals surface area contributed by atoms with Gasteiger partial charge in [-0.3, -0.25) is 14.7 Å². The van der Waals surface area contributed by atoms with Crippen LogP contribution in [0, 0.1) is 30.6 Å². The number of nitrogens with one attached hydrogen (secondary N) is 2. The predicted octanol–water partition coefficient (Wildman–Crippen LogP) is 1.18. The Morgan fingerprint density at radius 1 is 1.37 bits per heavy atom. The Morgan fingerprint density at radius 2 is 2.05 bits per heavy atom. The first-order valence-electron chi connectivity index (χ1n) is 6.30. The Bertz CT molecular complexity index is 563. The Hall–Kier alpha value is -2.11. The Balaban J connectivity index is 1.81. The lowest BCUT2D eigenvalue weighted by Gasteiger charge is -2.23. The minimum atomic E-state index is -0.890. The maximum Gasteiger partial charge on any atom is 0.307 e. The van der Waals surface area contributed by atoms with Crippen LogP contribution in [0.2, 0.25) is 0 Å². The number of allylic oxidation sites excluding steroid dienone is 2. The number of carboxylic acids is 1. The summed E-state index contributed by atoms with van der Waals surface area (Å²) in [6.45, 7) is 1.83. The zero-order valence-electron chi connectivity index (χ0n) is 10.5.